The first kappa shape index (κ1) is 17.8. The molecule has 3 aromatic carbocycles. The number of aromatic nitrogens is 1. The summed E-state index contributed by atoms with van der Waals surface area (Å²) in [6.07, 6.45) is 0. The zero-order valence-corrected chi connectivity index (χ0v) is 15.2. The molecule has 0 spiro atoms. The van der Waals surface area contributed by atoms with E-state index in [9.17, 15) is 14.9 Å². The van der Waals surface area contributed by atoms with Crippen LogP contribution < -0.4 is 5.32 Å². The van der Waals surface area contributed by atoms with E-state index in [4.69, 9.17) is 11.6 Å². The SMILES string of the molecule is O=C(c1ccccc1)c1[nH]c2cc(Cl)ccc2c1Nc1cccc([N+](=O)[O-])c1. The molecule has 1 aromatic heterocycles. The van der Waals surface area contributed by atoms with E-state index >= 15 is 0 Å². The summed E-state index contributed by atoms with van der Waals surface area (Å²) in [5, 5.41) is 15.5. The molecule has 4 rings (SSSR count). The van der Waals surface area contributed by atoms with Gasteiger partial charge in [-0.1, -0.05) is 48.0 Å². The average Bonchev–Trinajstić information content (AvgIpc) is 3.05. The minimum Gasteiger partial charge on any atom is -0.353 e. The van der Waals surface area contributed by atoms with Gasteiger partial charge in [0.1, 0.15) is 5.69 Å². The third-order valence-corrected chi connectivity index (χ3v) is 4.59. The number of nitrogens with zero attached hydrogens (tertiary/aromatic N) is 1. The summed E-state index contributed by atoms with van der Waals surface area (Å²) in [7, 11) is 0. The number of ketones is 1. The smallest absolute Gasteiger partial charge is 0.271 e. The van der Waals surface area contributed by atoms with Crippen molar-refractivity contribution in [1.82, 2.24) is 4.98 Å². The van der Waals surface area contributed by atoms with Crippen molar-refractivity contribution in [1.29, 1.82) is 0 Å². The molecule has 0 saturated heterocycles. The fraction of sp³-hybridized carbons (Fsp3) is 0. The molecule has 138 valence electrons. The lowest BCUT2D eigenvalue weighted by Crippen LogP contribution is -2.05. The predicted molar refractivity (Wildman–Crippen MR) is 110 cm³/mol. The second-order valence-electron chi connectivity index (χ2n) is 6.19. The number of carbonyl (C=O) groups is 1. The molecule has 7 heteroatoms. The van der Waals surface area contributed by atoms with Crippen LogP contribution in [0.25, 0.3) is 10.9 Å². The highest BCUT2D eigenvalue weighted by Crippen LogP contribution is 2.34. The Kier molecular flexibility index (Phi) is 4.55. The van der Waals surface area contributed by atoms with Gasteiger partial charge in [0.15, 0.2) is 0 Å². The number of carbonyl (C=O) groups excluding carboxylic acids is 1. The van der Waals surface area contributed by atoms with Crippen molar-refractivity contribution >= 4 is 45.3 Å². The molecule has 0 bridgehead atoms. The van der Waals surface area contributed by atoms with E-state index in [0.29, 0.717) is 33.2 Å². The predicted octanol–water partition coefficient (Wildman–Crippen LogP) is 5.70. The van der Waals surface area contributed by atoms with Gasteiger partial charge in [0.2, 0.25) is 5.78 Å². The van der Waals surface area contributed by atoms with Crippen LogP contribution in [-0.4, -0.2) is 15.7 Å². The third-order valence-electron chi connectivity index (χ3n) is 4.35. The normalized spacial score (nSPS) is 10.8. The zero-order chi connectivity index (χ0) is 19.7. The van der Waals surface area contributed by atoms with Gasteiger partial charge in [0, 0.05) is 39.3 Å². The highest BCUT2D eigenvalue weighted by molar-refractivity contribution is 6.31. The number of benzene rings is 3. The number of anilines is 2. The summed E-state index contributed by atoms with van der Waals surface area (Å²) >= 11 is 6.09. The van der Waals surface area contributed by atoms with Crippen molar-refractivity contribution in [2.24, 2.45) is 0 Å². The fourth-order valence-electron chi connectivity index (χ4n) is 3.05. The minimum absolute atomic E-state index is 0.0381. The Morgan fingerprint density at radius 2 is 1.79 bits per heavy atom. The fourth-order valence-corrected chi connectivity index (χ4v) is 3.22. The van der Waals surface area contributed by atoms with Crippen LogP contribution in [0.3, 0.4) is 0 Å². The molecule has 0 aliphatic heterocycles. The summed E-state index contributed by atoms with van der Waals surface area (Å²) < 4.78 is 0. The minimum atomic E-state index is -0.462. The number of nitrogens with one attached hydrogen (secondary N) is 2. The lowest BCUT2D eigenvalue weighted by Gasteiger charge is -2.08. The topological polar surface area (TPSA) is 88.0 Å². The second kappa shape index (κ2) is 7.17. The first-order valence-electron chi connectivity index (χ1n) is 8.45. The summed E-state index contributed by atoms with van der Waals surface area (Å²) in [5.74, 6) is -0.194. The maximum atomic E-state index is 13.1. The van der Waals surface area contributed by atoms with Gasteiger partial charge in [0.05, 0.1) is 10.6 Å². The van der Waals surface area contributed by atoms with Crippen LogP contribution in [-0.2, 0) is 0 Å². The molecular weight excluding hydrogens is 378 g/mol. The number of fused-ring (bicyclic) bond motifs is 1. The number of hydrogen-bond acceptors (Lipinski definition) is 4. The Morgan fingerprint density at radius 3 is 2.54 bits per heavy atom. The summed E-state index contributed by atoms with van der Waals surface area (Å²) in [4.78, 5) is 26.8. The van der Waals surface area contributed by atoms with Crippen LogP contribution >= 0.6 is 11.6 Å². The van der Waals surface area contributed by atoms with Gasteiger partial charge in [-0.2, -0.15) is 0 Å². The van der Waals surface area contributed by atoms with Gasteiger partial charge < -0.3 is 10.3 Å². The van der Waals surface area contributed by atoms with Gasteiger partial charge in [-0.05, 0) is 24.3 Å². The van der Waals surface area contributed by atoms with Gasteiger partial charge in [-0.15, -0.1) is 0 Å². The van der Waals surface area contributed by atoms with Crippen molar-refractivity contribution in [3.8, 4) is 0 Å². The molecule has 0 radical (unpaired) electrons. The largest absolute Gasteiger partial charge is 0.353 e. The van der Waals surface area contributed by atoms with Crippen molar-refractivity contribution < 1.29 is 9.72 Å². The second-order valence-corrected chi connectivity index (χ2v) is 6.63. The lowest BCUT2D eigenvalue weighted by molar-refractivity contribution is -0.384. The van der Waals surface area contributed by atoms with E-state index in [1.165, 1.54) is 12.1 Å². The number of H-pyrrole nitrogens is 1. The lowest BCUT2D eigenvalue weighted by atomic mass is 10.1. The summed E-state index contributed by atoms with van der Waals surface area (Å²) in [6.45, 7) is 0. The van der Waals surface area contributed by atoms with E-state index in [2.05, 4.69) is 10.3 Å². The standard InChI is InChI=1S/C21H14ClN3O3/c22-14-9-10-17-18(11-14)24-20(21(26)13-5-2-1-3-6-13)19(17)23-15-7-4-8-16(12-15)25(27)28/h1-12,23-24H. The van der Waals surface area contributed by atoms with E-state index in [0.717, 1.165) is 5.39 Å². The highest BCUT2D eigenvalue weighted by Gasteiger charge is 2.20. The average molecular weight is 392 g/mol. The molecule has 4 aromatic rings. The Bertz CT molecular complexity index is 1200. The number of aromatic amines is 1. The van der Waals surface area contributed by atoms with Crippen LogP contribution in [0.4, 0.5) is 17.1 Å². The van der Waals surface area contributed by atoms with E-state index < -0.39 is 4.92 Å². The number of nitro benzene ring substituents is 1. The summed E-state index contributed by atoms with van der Waals surface area (Å²) in [6, 6.07) is 20.3. The van der Waals surface area contributed by atoms with Crippen molar-refractivity contribution in [3.05, 3.63) is 99.2 Å². The van der Waals surface area contributed by atoms with Crippen LogP contribution in [0.2, 0.25) is 5.02 Å². The molecule has 2 N–H and O–H groups in total. The highest BCUT2D eigenvalue weighted by atomic mass is 35.5. The van der Waals surface area contributed by atoms with Crippen molar-refractivity contribution in [2.75, 3.05) is 5.32 Å². The van der Waals surface area contributed by atoms with Gasteiger partial charge in [0.25, 0.3) is 5.69 Å². The molecule has 0 fully saturated rings. The number of hydrogen-bond donors (Lipinski definition) is 2. The Balaban J connectivity index is 1.85. The van der Waals surface area contributed by atoms with Gasteiger partial charge in [-0.25, -0.2) is 0 Å². The number of rotatable bonds is 5. The molecule has 0 unspecified atom stereocenters. The van der Waals surface area contributed by atoms with Crippen molar-refractivity contribution in [2.45, 2.75) is 0 Å². The molecule has 6 nitrogen and oxygen atoms in total. The number of nitro groups is 1. The first-order valence-corrected chi connectivity index (χ1v) is 8.83. The zero-order valence-electron chi connectivity index (χ0n) is 14.5. The number of halogens is 1. The monoisotopic (exact) mass is 391 g/mol. The molecular formula is C21H14ClN3O3. The Morgan fingerprint density at radius 1 is 1.00 bits per heavy atom. The molecule has 0 aliphatic carbocycles. The van der Waals surface area contributed by atoms with Gasteiger partial charge in [-0.3, -0.25) is 14.9 Å². The van der Waals surface area contributed by atoms with Crippen LogP contribution in [0.1, 0.15) is 16.1 Å². The van der Waals surface area contributed by atoms with E-state index in [1.807, 2.05) is 6.07 Å². The maximum Gasteiger partial charge on any atom is 0.271 e. The molecule has 0 aliphatic rings. The third kappa shape index (κ3) is 3.33. The van der Waals surface area contributed by atoms with Crippen molar-refractivity contribution in [3.63, 3.8) is 0 Å². The molecule has 0 amide bonds. The first-order chi connectivity index (χ1) is 13.5. The van der Waals surface area contributed by atoms with E-state index in [-0.39, 0.29) is 11.5 Å². The van der Waals surface area contributed by atoms with Crippen LogP contribution in [0.15, 0.2) is 72.8 Å². The Hall–Kier alpha value is -3.64. The quantitative estimate of drug-likeness (QED) is 0.259. The van der Waals surface area contributed by atoms with Crippen LogP contribution in [0, 0.1) is 10.1 Å². The maximum absolute atomic E-state index is 13.1. The Labute approximate surface area is 164 Å². The van der Waals surface area contributed by atoms with Gasteiger partial charge >= 0.3 is 0 Å². The summed E-state index contributed by atoms with van der Waals surface area (Å²) in [5.41, 5.74) is 2.59. The molecule has 0 atom stereocenters. The van der Waals surface area contributed by atoms with Crippen LogP contribution in [0.5, 0.6) is 0 Å². The molecule has 28 heavy (non-hydrogen) atoms. The molecule has 1 heterocycles. The molecule has 0 saturated carbocycles. The number of non-ortho nitro benzene ring substituents is 1. The van der Waals surface area contributed by atoms with E-state index in [1.54, 1.807) is 54.6 Å².